The Balaban J connectivity index is 1.62. The van der Waals surface area contributed by atoms with Gasteiger partial charge in [-0.15, -0.1) is 11.3 Å². The minimum atomic E-state index is -3.84. The third kappa shape index (κ3) is 5.47. The number of carbonyl (C=O) groups is 1. The quantitative estimate of drug-likeness (QED) is 0.301. The number of benzene rings is 2. The molecular formula is C24H19N5O3S2. The molecule has 8 nitrogen and oxygen atoms in total. The van der Waals surface area contributed by atoms with E-state index in [9.17, 15) is 18.5 Å². The molecule has 0 saturated heterocycles. The number of amides is 1. The summed E-state index contributed by atoms with van der Waals surface area (Å²) in [7, 11) is -3.84. The van der Waals surface area contributed by atoms with Gasteiger partial charge in [0.05, 0.1) is 16.3 Å². The van der Waals surface area contributed by atoms with Gasteiger partial charge in [-0.1, -0.05) is 36.4 Å². The van der Waals surface area contributed by atoms with Gasteiger partial charge in [-0.25, -0.2) is 13.6 Å². The van der Waals surface area contributed by atoms with Crippen LogP contribution in [-0.2, 0) is 21.4 Å². The zero-order valence-corrected chi connectivity index (χ0v) is 19.4. The zero-order valence-electron chi connectivity index (χ0n) is 17.8. The van der Waals surface area contributed by atoms with Crippen molar-refractivity contribution >= 4 is 39.0 Å². The van der Waals surface area contributed by atoms with Gasteiger partial charge in [0.2, 0.25) is 10.0 Å². The maximum atomic E-state index is 12.8. The van der Waals surface area contributed by atoms with Crippen LogP contribution in [0.4, 0.5) is 5.69 Å². The molecule has 4 rings (SSSR count). The summed E-state index contributed by atoms with van der Waals surface area (Å²) >= 11 is 1.51. The average molecular weight is 490 g/mol. The Hall–Kier alpha value is -4.04. The number of nitriles is 1. The minimum Gasteiger partial charge on any atom is -0.321 e. The number of hydrogen-bond donors (Lipinski definition) is 2. The highest BCUT2D eigenvalue weighted by Crippen LogP contribution is 2.28. The van der Waals surface area contributed by atoms with Crippen LogP contribution in [-0.4, -0.2) is 24.1 Å². The molecule has 0 aliphatic carbocycles. The second-order valence-corrected chi connectivity index (χ2v) is 9.80. The summed E-state index contributed by atoms with van der Waals surface area (Å²) in [4.78, 5) is 13.6. The minimum absolute atomic E-state index is 0.0760. The van der Waals surface area contributed by atoms with Crippen LogP contribution in [0.1, 0.15) is 11.1 Å². The van der Waals surface area contributed by atoms with Gasteiger partial charge in [0.1, 0.15) is 17.3 Å². The zero-order chi connectivity index (χ0) is 24.1. The van der Waals surface area contributed by atoms with Crippen molar-refractivity contribution in [2.45, 2.75) is 11.4 Å². The fourth-order valence-electron chi connectivity index (χ4n) is 3.23. The number of sulfonamides is 1. The number of anilines is 1. The van der Waals surface area contributed by atoms with E-state index in [1.807, 2.05) is 53.9 Å². The molecule has 4 aromatic rings. The van der Waals surface area contributed by atoms with E-state index in [1.54, 1.807) is 10.9 Å². The van der Waals surface area contributed by atoms with Crippen LogP contribution >= 0.6 is 11.3 Å². The van der Waals surface area contributed by atoms with Crippen LogP contribution in [0, 0.1) is 11.3 Å². The van der Waals surface area contributed by atoms with Crippen molar-refractivity contribution in [2.75, 3.05) is 5.32 Å². The van der Waals surface area contributed by atoms with Crippen LogP contribution in [0.2, 0.25) is 0 Å². The second-order valence-electron chi connectivity index (χ2n) is 7.29. The first-order chi connectivity index (χ1) is 16.3. The fourth-order valence-corrected chi connectivity index (χ4v) is 4.48. The summed E-state index contributed by atoms with van der Waals surface area (Å²) in [6.45, 7) is 0.539. The molecule has 10 heteroatoms. The molecule has 0 radical (unpaired) electrons. The van der Waals surface area contributed by atoms with Gasteiger partial charge in [0.25, 0.3) is 5.91 Å². The molecule has 0 aliphatic heterocycles. The van der Waals surface area contributed by atoms with Crippen LogP contribution in [0.5, 0.6) is 0 Å². The van der Waals surface area contributed by atoms with E-state index in [1.165, 1.54) is 41.7 Å². The smallest absolute Gasteiger partial charge is 0.266 e. The van der Waals surface area contributed by atoms with Gasteiger partial charge >= 0.3 is 0 Å². The molecule has 34 heavy (non-hydrogen) atoms. The van der Waals surface area contributed by atoms with Crippen LogP contribution < -0.4 is 10.5 Å². The summed E-state index contributed by atoms with van der Waals surface area (Å²) in [6.07, 6.45) is 3.30. The fraction of sp³-hybridized carbons (Fsp3) is 0.0417. The Morgan fingerprint density at radius 2 is 1.85 bits per heavy atom. The lowest BCUT2D eigenvalue weighted by Gasteiger charge is -2.05. The molecule has 0 bridgehead atoms. The summed E-state index contributed by atoms with van der Waals surface area (Å²) in [5.41, 5.74) is 2.59. The number of hydrogen-bond acceptors (Lipinski definition) is 6. The van der Waals surface area contributed by atoms with Crippen LogP contribution in [0.25, 0.3) is 16.6 Å². The maximum Gasteiger partial charge on any atom is 0.266 e. The number of primary sulfonamides is 1. The predicted molar refractivity (Wildman–Crippen MR) is 131 cm³/mol. The maximum absolute atomic E-state index is 12.8. The van der Waals surface area contributed by atoms with Crippen molar-refractivity contribution in [1.29, 1.82) is 5.26 Å². The van der Waals surface area contributed by atoms with Gasteiger partial charge in [-0.2, -0.15) is 10.4 Å². The molecule has 0 unspecified atom stereocenters. The Bertz CT molecular complexity index is 1480. The highest BCUT2D eigenvalue weighted by Gasteiger charge is 2.16. The molecule has 2 heterocycles. The van der Waals surface area contributed by atoms with Gasteiger partial charge < -0.3 is 5.32 Å². The highest BCUT2D eigenvalue weighted by molar-refractivity contribution is 7.89. The van der Waals surface area contributed by atoms with Crippen molar-refractivity contribution in [2.24, 2.45) is 5.14 Å². The first-order valence-corrected chi connectivity index (χ1v) is 12.5. The van der Waals surface area contributed by atoms with E-state index < -0.39 is 15.9 Å². The number of aromatic nitrogens is 2. The summed E-state index contributed by atoms with van der Waals surface area (Å²) in [5.74, 6) is -0.626. The third-order valence-electron chi connectivity index (χ3n) is 4.84. The lowest BCUT2D eigenvalue weighted by molar-refractivity contribution is -0.112. The van der Waals surface area contributed by atoms with Crippen molar-refractivity contribution < 1.29 is 13.2 Å². The van der Waals surface area contributed by atoms with E-state index in [0.717, 1.165) is 10.4 Å². The van der Waals surface area contributed by atoms with Crippen molar-refractivity contribution in [3.8, 4) is 16.6 Å². The van der Waals surface area contributed by atoms with Gasteiger partial charge in [0, 0.05) is 17.4 Å². The van der Waals surface area contributed by atoms with Crippen molar-refractivity contribution in [3.63, 3.8) is 0 Å². The largest absolute Gasteiger partial charge is 0.321 e. The Labute approximate surface area is 200 Å². The summed E-state index contributed by atoms with van der Waals surface area (Å²) < 4.78 is 24.6. The third-order valence-corrected chi connectivity index (χ3v) is 6.64. The van der Waals surface area contributed by atoms with E-state index in [-0.39, 0.29) is 10.5 Å². The van der Waals surface area contributed by atoms with E-state index >= 15 is 0 Å². The number of thiophene rings is 1. The topological polar surface area (TPSA) is 131 Å². The van der Waals surface area contributed by atoms with Gasteiger partial charge in [-0.3, -0.25) is 9.48 Å². The normalized spacial score (nSPS) is 11.7. The number of nitrogens with zero attached hydrogens (tertiary/aromatic N) is 3. The number of nitrogens with one attached hydrogen (secondary N) is 1. The SMILES string of the molecule is N#C/C(=C\c1cn(Cc2ccccc2)nc1-c1cccs1)C(=O)Nc1ccc(S(N)(=O)=O)cc1. The molecule has 170 valence electrons. The molecule has 2 aromatic carbocycles. The number of rotatable bonds is 7. The first kappa shape index (κ1) is 23.1. The number of nitrogens with two attached hydrogens (primary N) is 1. The molecule has 2 aromatic heterocycles. The molecule has 0 aliphatic rings. The lowest BCUT2D eigenvalue weighted by Crippen LogP contribution is -2.14. The molecule has 1 amide bonds. The van der Waals surface area contributed by atoms with E-state index in [4.69, 9.17) is 5.14 Å². The Morgan fingerprint density at radius 3 is 2.47 bits per heavy atom. The first-order valence-electron chi connectivity index (χ1n) is 10.0. The van der Waals surface area contributed by atoms with Crippen molar-refractivity contribution in [3.05, 3.63) is 95.0 Å². The molecule has 0 spiro atoms. The molecule has 3 N–H and O–H groups in total. The van der Waals surface area contributed by atoms with Crippen LogP contribution in [0.15, 0.2) is 88.8 Å². The van der Waals surface area contributed by atoms with Crippen molar-refractivity contribution in [1.82, 2.24) is 9.78 Å². The van der Waals surface area contributed by atoms with Gasteiger partial charge in [0.15, 0.2) is 0 Å². The Kier molecular flexibility index (Phi) is 6.70. The lowest BCUT2D eigenvalue weighted by atomic mass is 10.1. The number of carbonyl (C=O) groups excluding carboxylic acids is 1. The molecular weight excluding hydrogens is 470 g/mol. The molecule has 0 saturated carbocycles. The standard InChI is InChI=1S/C24H19N5O3S2/c25-14-18(24(30)27-20-8-10-21(11-9-20)34(26,31)32)13-19-16-29(15-17-5-2-1-3-6-17)28-23(19)22-7-4-12-33-22/h1-13,16H,15H2,(H,27,30)(H2,26,31,32)/b18-13+. The highest BCUT2D eigenvalue weighted by atomic mass is 32.2. The Morgan fingerprint density at radius 1 is 1.12 bits per heavy atom. The van der Waals surface area contributed by atoms with E-state index in [0.29, 0.717) is 23.5 Å². The summed E-state index contributed by atoms with van der Waals surface area (Å²) in [6, 6.07) is 21.0. The van der Waals surface area contributed by atoms with E-state index in [2.05, 4.69) is 10.4 Å². The predicted octanol–water partition coefficient (Wildman–Crippen LogP) is 3.85. The summed E-state index contributed by atoms with van der Waals surface area (Å²) in [5, 5.41) is 24.0. The van der Waals surface area contributed by atoms with Crippen LogP contribution in [0.3, 0.4) is 0 Å². The molecule has 0 atom stereocenters. The van der Waals surface area contributed by atoms with Gasteiger partial charge in [-0.05, 0) is 47.4 Å². The average Bonchev–Trinajstić information content (AvgIpc) is 3.48. The second kappa shape index (κ2) is 9.84. The monoisotopic (exact) mass is 489 g/mol. The molecule has 0 fully saturated rings.